The number of primary sulfonamides is 1. The van der Waals surface area contributed by atoms with Crippen molar-refractivity contribution < 1.29 is 23.4 Å². The normalized spacial score (nSPS) is 10.7. The van der Waals surface area contributed by atoms with Gasteiger partial charge in [0.15, 0.2) is 0 Å². The molecule has 0 amide bonds. The van der Waals surface area contributed by atoms with E-state index in [0.717, 1.165) is 0 Å². The number of ether oxygens (including phenoxy) is 1. The van der Waals surface area contributed by atoms with Crippen molar-refractivity contribution in [2.75, 3.05) is 7.11 Å². The van der Waals surface area contributed by atoms with Gasteiger partial charge in [-0.05, 0) is 12.1 Å². The lowest BCUT2D eigenvalue weighted by atomic mass is 10.4. The number of nitrogens with two attached hydrogens (primary N) is 1. The van der Waals surface area contributed by atoms with E-state index in [2.05, 4.69) is 4.74 Å². The summed E-state index contributed by atoms with van der Waals surface area (Å²) < 4.78 is 25.1. The Morgan fingerprint density at radius 3 is 1.87 bits per heavy atom. The van der Waals surface area contributed by atoms with Gasteiger partial charge in [0.25, 0.3) is 6.48 Å². The number of methoxy groups -OCH3 is 1. The average Bonchev–Trinajstić information content (AvgIpc) is 2.19. The molecule has 0 aliphatic rings. The highest BCUT2D eigenvalue weighted by molar-refractivity contribution is 7.89. The number of aliphatic hydroxyl groups is 2. The maximum atomic E-state index is 10.6. The van der Waals surface area contributed by atoms with Crippen molar-refractivity contribution in [2.45, 2.75) is 11.4 Å². The Morgan fingerprint density at radius 1 is 1.27 bits per heavy atom. The zero-order valence-corrected chi connectivity index (χ0v) is 8.89. The smallest absolute Gasteiger partial charge is 0.266 e. The molecule has 0 bridgehead atoms. The van der Waals surface area contributed by atoms with Crippen LogP contribution in [0.1, 0.15) is 0 Å². The summed E-state index contributed by atoms with van der Waals surface area (Å²) in [5, 5.41) is 20.2. The van der Waals surface area contributed by atoms with E-state index in [-0.39, 0.29) is 4.90 Å². The van der Waals surface area contributed by atoms with Crippen LogP contribution in [0, 0.1) is 0 Å². The van der Waals surface area contributed by atoms with E-state index in [1.807, 2.05) is 0 Å². The fourth-order valence-electron chi connectivity index (χ4n) is 0.610. The highest BCUT2D eigenvalue weighted by Gasteiger charge is 2.03. The van der Waals surface area contributed by atoms with Crippen molar-refractivity contribution >= 4 is 10.0 Å². The number of sulfonamides is 1. The van der Waals surface area contributed by atoms with Gasteiger partial charge in [-0.1, -0.05) is 18.2 Å². The third-order valence-corrected chi connectivity index (χ3v) is 2.21. The van der Waals surface area contributed by atoms with Gasteiger partial charge in [0.05, 0.1) is 4.90 Å². The van der Waals surface area contributed by atoms with Crippen LogP contribution in [-0.2, 0) is 14.8 Å². The third-order valence-electron chi connectivity index (χ3n) is 1.28. The quantitative estimate of drug-likeness (QED) is 0.583. The molecule has 6 nitrogen and oxygen atoms in total. The molecule has 0 heterocycles. The lowest BCUT2D eigenvalue weighted by molar-refractivity contribution is -0.218. The third kappa shape index (κ3) is 7.00. The first-order valence-electron chi connectivity index (χ1n) is 3.84. The standard InChI is InChI=1S/C6H7NO2S.C2H6O3/c7-10(8,9)6-4-2-1-3-5-6;1-5-2(3)4/h1-5H,(H2,7,8,9);2-4H,1H3. The second kappa shape index (κ2) is 6.49. The van der Waals surface area contributed by atoms with Gasteiger partial charge in [0, 0.05) is 7.11 Å². The molecule has 1 rings (SSSR count). The number of benzene rings is 1. The molecule has 15 heavy (non-hydrogen) atoms. The van der Waals surface area contributed by atoms with Crippen molar-refractivity contribution in [3.8, 4) is 0 Å². The molecule has 86 valence electrons. The van der Waals surface area contributed by atoms with E-state index >= 15 is 0 Å². The van der Waals surface area contributed by atoms with Crippen LogP contribution in [0.5, 0.6) is 0 Å². The number of aliphatic hydroxyl groups excluding tert-OH is 1. The van der Waals surface area contributed by atoms with E-state index < -0.39 is 16.5 Å². The molecule has 0 aliphatic heterocycles. The summed E-state index contributed by atoms with van der Waals surface area (Å²) in [6.45, 7) is -1.62. The molecule has 0 saturated carbocycles. The Kier molecular flexibility index (Phi) is 6.06. The summed E-state index contributed by atoms with van der Waals surface area (Å²) in [5.41, 5.74) is 0. The van der Waals surface area contributed by atoms with E-state index in [9.17, 15) is 8.42 Å². The second-order valence-electron chi connectivity index (χ2n) is 2.42. The topological polar surface area (TPSA) is 110 Å². The van der Waals surface area contributed by atoms with Crippen molar-refractivity contribution in [1.29, 1.82) is 0 Å². The van der Waals surface area contributed by atoms with Crippen LogP contribution in [0.4, 0.5) is 0 Å². The second-order valence-corrected chi connectivity index (χ2v) is 3.98. The van der Waals surface area contributed by atoms with Gasteiger partial charge < -0.3 is 14.9 Å². The maximum absolute atomic E-state index is 10.6. The molecule has 0 spiro atoms. The number of hydrogen-bond donors (Lipinski definition) is 3. The summed E-state index contributed by atoms with van der Waals surface area (Å²) in [6, 6.07) is 7.89. The molecule has 0 aliphatic carbocycles. The van der Waals surface area contributed by atoms with Gasteiger partial charge in [-0.15, -0.1) is 0 Å². The van der Waals surface area contributed by atoms with Crippen LogP contribution in [0.3, 0.4) is 0 Å². The number of rotatable bonds is 2. The first-order chi connectivity index (χ1) is 6.88. The summed E-state index contributed by atoms with van der Waals surface area (Å²) in [5.74, 6) is 0. The monoisotopic (exact) mass is 235 g/mol. The fourth-order valence-corrected chi connectivity index (χ4v) is 1.15. The van der Waals surface area contributed by atoms with Crippen molar-refractivity contribution in [3.63, 3.8) is 0 Å². The van der Waals surface area contributed by atoms with Crippen LogP contribution >= 0.6 is 0 Å². The zero-order chi connectivity index (χ0) is 11.9. The minimum Gasteiger partial charge on any atom is -0.346 e. The van der Waals surface area contributed by atoms with E-state index in [1.165, 1.54) is 19.2 Å². The zero-order valence-electron chi connectivity index (χ0n) is 8.07. The minimum absolute atomic E-state index is 0.148. The number of hydrogen-bond acceptors (Lipinski definition) is 5. The Bertz CT molecular complexity index is 362. The fraction of sp³-hybridized carbons (Fsp3) is 0.250. The van der Waals surface area contributed by atoms with Gasteiger partial charge in [0.1, 0.15) is 0 Å². The maximum Gasteiger partial charge on any atom is 0.266 e. The lowest BCUT2D eigenvalue weighted by Gasteiger charge is -1.93. The van der Waals surface area contributed by atoms with E-state index in [1.54, 1.807) is 18.2 Å². The SMILES string of the molecule is COC(O)O.NS(=O)(=O)c1ccccc1. The molecule has 0 aromatic heterocycles. The highest BCUT2D eigenvalue weighted by atomic mass is 32.2. The summed E-state index contributed by atoms with van der Waals surface area (Å²) in [4.78, 5) is 0.148. The van der Waals surface area contributed by atoms with Crippen molar-refractivity contribution in [3.05, 3.63) is 30.3 Å². The molecule has 4 N–H and O–H groups in total. The first kappa shape index (κ1) is 14.0. The molecule has 0 atom stereocenters. The van der Waals surface area contributed by atoms with Gasteiger partial charge in [-0.3, -0.25) is 0 Å². The first-order valence-corrected chi connectivity index (χ1v) is 5.39. The predicted octanol–water partition coefficient (Wildman–Crippen LogP) is -0.765. The lowest BCUT2D eigenvalue weighted by Crippen LogP contribution is -2.11. The summed E-state index contributed by atoms with van der Waals surface area (Å²) >= 11 is 0. The molecular formula is C8H13NO5S. The van der Waals surface area contributed by atoms with Gasteiger partial charge in [0.2, 0.25) is 10.0 Å². The van der Waals surface area contributed by atoms with Crippen molar-refractivity contribution in [2.24, 2.45) is 5.14 Å². The molecule has 1 aromatic carbocycles. The minimum atomic E-state index is -3.50. The van der Waals surface area contributed by atoms with Gasteiger partial charge in [-0.2, -0.15) is 0 Å². The van der Waals surface area contributed by atoms with Crippen LogP contribution in [0.15, 0.2) is 35.2 Å². The largest absolute Gasteiger partial charge is 0.346 e. The van der Waals surface area contributed by atoms with Crippen LogP contribution in [-0.4, -0.2) is 32.2 Å². The molecule has 7 heteroatoms. The van der Waals surface area contributed by atoms with Crippen LogP contribution in [0.25, 0.3) is 0 Å². The van der Waals surface area contributed by atoms with Gasteiger partial charge in [-0.25, -0.2) is 13.6 Å². The van der Waals surface area contributed by atoms with Gasteiger partial charge >= 0.3 is 0 Å². The van der Waals surface area contributed by atoms with Crippen LogP contribution in [0.2, 0.25) is 0 Å². The molecular weight excluding hydrogens is 222 g/mol. The Labute approximate surface area is 88.0 Å². The Hall–Kier alpha value is -0.990. The summed E-state index contributed by atoms with van der Waals surface area (Å²) in [7, 11) is -2.30. The molecule has 0 fully saturated rings. The van der Waals surface area contributed by atoms with E-state index in [0.29, 0.717) is 0 Å². The predicted molar refractivity (Wildman–Crippen MR) is 53.0 cm³/mol. The average molecular weight is 235 g/mol. The van der Waals surface area contributed by atoms with E-state index in [4.69, 9.17) is 15.4 Å². The Balaban J connectivity index is 0.000000336. The van der Waals surface area contributed by atoms with Crippen molar-refractivity contribution in [1.82, 2.24) is 0 Å². The molecule has 0 radical (unpaired) electrons. The van der Waals surface area contributed by atoms with Crippen LogP contribution < -0.4 is 5.14 Å². The molecule has 0 unspecified atom stereocenters. The highest BCUT2D eigenvalue weighted by Crippen LogP contribution is 2.02. The molecule has 0 saturated heterocycles. The summed E-state index contributed by atoms with van der Waals surface area (Å²) in [6.07, 6.45) is 0. The molecule has 1 aromatic rings. The Morgan fingerprint density at radius 2 is 1.67 bits per heavy atom.